The zero-order valence-corrected chi connectivity index (χ0v) is 14.9. The molecule has 0 aliphatic rings. The van der Waals surface area contributed by atoms with Crippen molar-refractivity contribution in [1.82, 2.24) is 9.97 Å². The van der Waals surface area contributed by atoms with E-state index in [9.17, 15) is 13.2 Å². The summed E-state index contributed by atoms with van der Waals surface area (Å²) in [4.78, 5) is 6.98. The highest BCUT2D eigenvalue weighted by Gasteiger charge is 2.35. The van der Waals surface area contributed by atoms with Gasteiger partial charge in [0.2, 0.25) is 5.82 Å². The molecular formula is C18H20ClF3N2. The van der Waals surface area contributed by atoms with Gasteiger partial charge in [-0.3, -0.25) is 0 Å². The van der Waals surface area contributed by atoms with Gasteiger partial charge in [0.05, 0.1) is 0 Å². The molecule has 0 saturated heterocycles. The molecule has 0 atom stereocenters. The van der Waals surface area contributed by atoms with Crippen LogP contribution in [0.25, 0.3) is 0 Å². The van der Waals surface area contributed by atoms with Gasteiger partial charge >= 0.3 is 6.18 Å². The van der Waals surface area contributed by atoms with Gasteiger partial charge in [0.25, 0.3) is 0 Å². The normalized spacial score (nSPS) is 12.5. The van der Waals surface area contributed by atoms with E-state index < -0.39 is 12.0 Å². The third-order valence-corrected chi connectivity index (χ3v) is 4.28. The molecule has 2 nitrogen and oxygen atoms in total. The van der Waals surface area contributed by atoms with Crippen molar-refractivity contribution in [3.05, 3.63) is 57.6 Å². The van der Waals surface area contributed by atoms with Gasteiger partial charge in [-0.15, -0.1) is 0 Å². The Morgan fingerprint density at radius 2 is 1.54 bits per heavy atom. The highest BCUT2D eigenvalue weighted by atomic mass is 35.5. The van der Waals surface area contributed by atoms with Gasteiger partial charge in [-0.05, 0) is 36.3 Å². The fourth-order valence-electron chi connectivity index (χ4n) is 2.34. The molecule has 0 bridgehead atoms. The highest BCUT2D eigenvalue weighted by molar-refractivity contribution is 6.30. The van der Waals surface area contributed by atoms with E-state index >= 15 is 0 Å². The Balaban J connectivity index is 2.19. The smallest absolute Gasteiger partial charge is 0.229 e. The number of benzene rings is 1. The molecule has 0 unspecified atom stereocenters. The lowest BCUT2D eigenvalue weighted by atomic mass is 9.86. The molecule has 6 heteroatoms. The number of aryl methyl sites for hydroxylation is 2. The molecule has 0 amide bonds. The lowest BCUT2D eigenvalue weighted by molar-refractivity contribution is -0.145. The fourth-order valence-corrected chi connectivity index (χ4v) is 2.53. The Hall–Kier alpha value is -1.62. The molecular weight excluding hydrogens is 337 g/mol. The number of aromatic nitrogens is 2. The summed E-state index contributed by atoms with van der Waals surface area (Å²) >= 11 is 5.83. The first-order valence-electron chi connectivity index (χ1n) is 7.68. The Labute approximate surface area is 145 Å². The Kier molecular flexibility index (Phi) is 5.23. The third-order valence-electron chi connectivity index (χ3n) is 3.91. The highest BCUT2D eigenvalue weighted by Crippen LogP contribution is 2.29. The summed E-state index contributed by atoms with van der Waals surface area (Å²) in [5, 5.41) is -0.143. The van der Waals surface area contributed by atoms with Gasteiger partial charge in [0.1, 0.15) is 5.15 Å². The van der Waals surface area contributed by atoms with Crippen LogP contribution >= 0.6 is 11.6 Å². The summed E-state index contributed by atoms with van der Waals surface area (Å²) in [5.41, 5.74) is 3.16. The topological polar surface area (TPSA) is 25.8 Å². The molecule has 0 saturated carbocycles. The molecule has 1 heterocycles. The van der Waals surface area contributed by atoms with Gasteiger partial charge in [0.15, 0.2) is 0 Å². The van der Waals surface area contributed by atoms with E-state index in [1.54, 1.807) is 6.92 Å². The number of nitrogens with zero attached hydrogens (tertiary/aromatic N) is 2. The van der Waals surface area contributed by atoms with Crippen LogP contribution in [0.2, 0.25) is 5.15 Å². The maximum absolute atomic E-state index is 12.8. The monoisotopic (exact) mass is 356 g/mol. The number of rotatable bonds is 3. The molecule has 2 rings (SSSR count). The van der Waals surface area contributed by atoms with Crippen molar-refractivity contribution in [1.29, 1.82) is 0 Å². The SMILES string of the molecule is Cc1c(Cl)nc(C(F)(F)F)nc1CCc1ccc(C(C)(C)C)cc1. The van der Waals surface area contributed by atoms with Crippen molar-refractivity contribution in [2.75, 3.05) is 0 Å². The van der Waals surface area contributed by atoms with Crippen LogP contribution in [0.15, 0.2) is 24.3 Å². The summed E-state index contributed by atoms with van der Waals surface area (Å²) in [6.07, 6.45) is -3.62. The van der Waals surface area contributed by atoms with Gasteiger partial charge in [-0.2, -0.15) is 13.2 Å². The maximum atomic E-state index is 12.8. The van der Waals surface area contributed by atoms with Crippen molar-refractivity contribution in [3.63, 3.8) is 0 Å². The van der Waals surface area contributed by atoms with Crippen LogP contribution in [0.4, 0.5) is 13.2 Å². The van der Waals surface area contributed by atoms with Crippen LogP contribution in [0.3, 0.4) is 0 Å². The lowest BCUT2D eigenvalue weighted by Gasteiger charge is -2.19. The molecule has 0 aliphatic carbocycles. The van der Waals surface area contributed by atoms with Crippen LogP contribution in [0, 0.1) is 6.92 Å². The first-order chi connectivity index (χ1) is 11.0. The molecule has 0 N–H and O–H groups in total. The fraction of sp³-hybridized carbons (Fsp3) is 0.444. The summed E-state index contributed by atoms with van der Waals surface area (Å²) in [6.45, 7) is 8.04. The Morgan fingerprint density at radius 3 is 2.04 bits per heavy atom. The van der Waals surface area contributed by atoms with Crippen molar-refractivity contribution >= 4 is 11.6 Å². The minimum absolute atomic E-state index is 0.0664. The molecule has 1 aromatic heterocycles. The number of halogens is 4. The number of alkyl halides is 3. The molecule has 0 aliphatic heterocycles. The molecule has 0 spiro atoms. The zero-order valence-electron chi connectivity index (χ0n) is 14.1. The molecule has 24 heavy (non-hydrogen) atoms. The van der Waals surface area contributed by atoms with Crippen LogP contribution in [0.5, 0.6) is 0 Å². The van der Waals surface area contributed by atoms with Crippen molar-refractivity contribution in [2.45, 2.75) is 52.1 Å². The van der Waals surface area contributed by atoms with E-state index in [-0.39, 0.29) is 10.6 Å². The predicted octanol–water partition coefficient (Wildman–Crippen LogP) is 5.54. The quantitative estimate of drug-likeness (QED) is 0.675. The average Bonchev–Trinajstić information content (AvgIpc) is 2.47. The second-order valence-electron chi connectivity index (χ2n) is 6.85. The standard InChI is InChI=1S/C18H20ClF3N2/c1-11-14(23-16(18(20,21)22)24-15(11)19)10-7-12-5-8-13(9-6-12)17(2,3)4/h5-6,8-9H,7,10H2,1-4H3. The average molecular weight is 357 g/mol. The third kappa shape index (κ3) is 4.47. The van der Waals surface area contributed by atoms with Crippen molar-refractivity contribution in [3.8, 4) is 0 Å². The van der Waals surface area contributed by atoms with E-state index in [0.717, 1.165) is 5.56 Å². The first kappa shape index (κ1) is 18.7. The summed E-state index contributed by atoms with van der Waals surface area (Å²) in [6, 6.07) is 8.11. The Bertz CT molecular complexity index is 717. The second kappa shape index (κ2) is 6.71. The second-order valence-corrected chi connectivity index (χ2v) is 7.21. The number of hydrogen-bond acceptors (Lipinski definition) is 2. The summed E-state index contributed by atoms with van der Waals surface area (Å²) < 4.78 is 38.4. The van der Waals surface area contributed by atoms with Gasteiger partial charge < -0.3 is 0 Å². The molecule has 1 aromatic carbocycles. The molecule has 2 aromatic rings. The molecule has 0 fully saturated rings. The van der Waals surface area contributed by atoms with E-state index in [0.29, 0.717) is 24.1 Å². The largest absolute Gasteiger partial charge is 0.451 e. The molecule has 0 radical (unpaired) electrons. The summed E-state index contributed by atoms with van der Waals surface area (Å²) in [5.74, 6) is -1.18. The van der Waals surface area contributed by atoms with E-state index in [1.807, 2.05) is 12.1 Å². The Morgan fingerprint density at radius 1 is 0.958 bits per heavy atom. The van der Waals surface area contributed by atoms with E-state index in [4.69, 9.17) is 11.6 Å². The lowest BCUT2D eigenvalue weighted by Crippen LogP contribution is -2.14. The van der Waals surface area contributed by atoms with Gasteiger partial charge in [-0.25, -0.2) is 9.97 Å². The maximum Gasteiger partial charge on any atom is 0.451 e. The summed E-state index contributed by atoms with van der Waals surface area (Å²) in [7, 11) is 0. The zero-order chi connectivity index (χ0) is 18.1. The van der Waals surface area contributed by atoms with Gasteiger partial charge in [0, 0.05) is 11.3 Å². The van der Waals surface area contributed by atoms with Crippen molar-refractivity contribution < 1.29 is 13.2 Å². The minimum atomic E-state index is -4.60. The minimum Gasteiger partial charge on any atom is -0.229 e. The molecule has 130 valence electrons. The van der Waals surface area contributed by atoms with E-state index in [2.05, 4.69) is 42.9 Å². The van der Waals surface area contributed by atoms with Crippen LogP contribution in [-0.2, 0) is 24.4 Å². The predicted molar refractivity (Wildman–Crippen MR) is 89.3 cm³/mol. The van der Waals surface area contributed by atoms with Gasteiger partial charge in [-0.1, -0.05) is 56.6 Å². The van der Waals surface area contributed by atoms with E-state index in [1.165, 1.54) is 5.56 Å². The first-order valence-corrected chi connectivity index (χ1v) is 8.06. The van der Waals surface area contributed by atoms with Crippen LogP contribution < -0.4 is 0 Å². The van der Waals surface area contributed by atoms with Crippen LogP contribution in [0.1, 0.15) is 49.0 Å². The number of hydrogen-bond donors (Lipinski definition) is 0. The van der Waals surface area contributed by atoms with Crippen molar-refractivity contribution in [2.24, 2.45) is 0 Å². The van der Waals surface area contributed by atoms with Crippen LogP contribution in [-0.4, -0.2) is 9.97 Å².